The third-order valence-electron chi connectivity index (χ3n) is 10.0. The fraction of sp³-hybridized carbons (Fsp3) is 0.429. The molecule has 0 amide bonds. The summed E-state index contributed by atoms with van der Waals surface area (Å²) in [6.45, 7) is 13.9. The second-order valence-electron chi connectivity index (χ2n) is 14.1. The van der Waals surface area contributed by atoms with Gasteiger partial charge in [0.2, 0.25) is 0 Å². The zero-order valence-electron chi connectivity index (χ0n) is 30.6. The fourth-order valence-corrected chi connectivity index (χ4v) is 6.56. The number of benzene rings is 4. The molecule has 4 N–H and O–H groups in total. The van der Waals surface area contributed by atoms with Crippen molar-refractivity contribution < 1.29 is 29.5 Å². The van der Waals surface area contributed by atoms with Gasteiger partial charge in [-0.2, -0.15) is 0 Å². The van der Waals surface area contributed by atoms with Crippen LogP contribution in [0.2, 0.25) is 5.02 Å². The number of halogens is 1. The zero-order valence-corrected chi connectivity index (χ0v) is 31.4. The molecule has 0 bridgehead atoms. The molecule has 9 heteroatoms. The van der Waals surface area contributed by atoms with Crippen LogP contribution in [0.5, 0.6) is 17.2 Å². The molecule has 0 spiro atoms. The Bertz CT molecular complexity index is 1770. The van der Waals surface area contributed by atoms with E-state index in [0.717, 1.165) is 77.2 Å². The number of β-amino-alcohol motifs (C(OH)–C–C–N with tert-alkyl or cyclic N) is 1. The summed E-state index contributed by atoms with van der Waals surface area (Å²) in [5, 5.41) is 33.1. The quantitative estimate of drug-likeness (QED) is 0.0862. The molecular weight excluding hydrogens is 664 g/mol. The molecule has 0 saturated carbocycles. The van der Waals surface area contributed by atoms with Gasteiger partial charge in [-0.25, -0.2) is 0 Å². The molecule has 1 aliphatic heterocycles. The molecule has 274 valence electrons. The lowest BCUT2D eigenvalue weighted by atomic mass is 9.93. The summed E-state index contributed by atoms with van der Waals surface area (Å²) in [6, 6.07) is 22.3. The van der Waals surface area contributed by atoms with Gasteiger partial charge in [0.05, 0.1) is 36.5 Å². The topological polar surface area (TPSA) is 104 Å². The van der Waals surface area contributed by atoms with Gasteiger partial charge in [-0.1, -0.05) is 60.1 Å². The summed E-state index contributed by atoms with van der Waals surface area (Å²) in [5.41, 5.74) is 8.86. The van der Waals surface area contributed by atoms with E-state index in [9.17, 15) is 15.3 Å². The highest BCUT2D eigenvalue weighted by molar-refractivity contribution is 6.32. The maximum Gasteiger partial charge on any atom is 0.142 e. The lowest BCUT2D eigenvalue weighted by Gasteiger charge is -2.27. The highest BCUT2D eigenvalue weighted by Gasteiger charge is 2.23. The number of ether oxygens (including phenoxy) is 3. The Kier molecular flexibility index (Phi) is 13.4. The van der Waals surface area contributed by atoms with E-state index in [-0.39, 0.29) is 19.3 Å². The number of nitrogens with zero attached hydrogens (tertiary/aromatic N) is 1. The smallest absolute Gasteiger partial charge is 0.142 e. The third kappa shape index (κ3) is 10.0. The van der Waals surface area contributed by atoms with Crippen molar-refractivity contribution in [1.29, 1.82) is 0 Å². The first kappa shape index (κ1) is 38.6. The zero-order chi connectivity index (χ0) is 36.5. The molecule has 0 unspecified atom stereocenters. The molecule has 1 aliphatic rings. The SMILES string of the molecule is Cc1ccc(COc2cc(OCc3cccc(-c4cccc(OCCCN5CC[C@@H](O)C5)c4C)c3C)c(Cl)cc2CNC(C)(CO)CO)cc1C. The molecule has 0 aromatic heterocycles. The molecule has 4 aromatic rings. The van der Waals surface area contributed by atoms with E-state index in [1.807, 2.05) is 30.3 Å². The standard InChI is InChI=1S/C42H53ClN2O6/c1-28-13-14-32(19-29(28)2)24-50-40-21-41(38(43)20-34(40)22-44-42(5,26-46)27-47)51-25-33-9-6-10-36(30(33)3)37-11-7-12-39(31(37)4)49-18-8-16-45-17-15-35(48)23-45/h6-7,9-14,19-21,35,44,46-48H,8,15-18,22-27H2,1-5H3/t35-/m1/s1. The van der Waals surface area contributed by atoms with Crippen molar-refractivity contribution in [2.45, 2.75) is 78.9 Å². The number of aliphatic hydroxyl groups excluding tert-OH is 3. The first-order chi connectivity index (χ1) is 24.5. The van der Waals surface area contributed by atoms with Gasteiger partial charge < -0.3 is 39.7 Å². The van der Waals surface area contributed by atoms with Gasteiger partial charge in [0.15, 0.2) is 0 Å². The molecule has 0 aliphatic carbocycles. The van der Waals surface area contributed by atoms with Gasteiger partial charge >= 0.3 is 0 Å². The van der Waals surface area contributed by atoms with Crippen LogP contribution in [-0.4, -0.2) is 71.3 Å². The number of likely N-dealkylation sites (tertiary alicyclic amines) is 1. The predicted octanol–water partition coefficient (Wildman–Crippen LogP) is 7.07. The summed E-state index contributed by atoms with van der Waals surface area (Å²) in [6.07, 6.45) is 1.56. The first-order valence-electron chi connectivity index (χ1n) is 17.8. The molecule has 1 heterocycles. The van der Waals surface area contributed by atoms with Gasteiger partial charge in [0.25, 0.3) is 0 Å². The Balaban J connectivity index is 1.31. The molecule has 5 rings (SSSR count). The minimum Gasteiger partial charge on any atom is -0.493 e. The highest BCUT2D eigenvalue weighted by Crippen LogP contribution is 2.36. The minimum absolute atomic E-state index is 0.201. The van der Waals surface area contributed by atoms with Crippen LogP contribution in [0, 0.1) is 27.7 Å². The van der Waals surface area contributed by atoms with E-state index in [1.165, 1.54) is 11.1 Å². The largest absolute Gasteiger partial charge is 0.493 e. The Morgan fingerprint density at radius 3 is 2.24 bits per heavy atom. The molecule has 1 atom stereocenters. The average Bonchev–Trinajstić information content (AvgIpc) is 3.55. The highest BCUT2D eigenvalue weighted by atomic mass is 35.5. The van der Waals surface area contributed by atoms with Crippen LogP contribution in [0.15, 0.2) is 66.7 Å². The summed E-state index contributed by atoms with van der Waals surface area (Å²) in [5.74, 6) is 1.99. The molecular formula is C42H53ClN2O6. The van der Waals surface area contributed by atoms with E-state index in [0.29, 0.717) is 42.9 Å². The third-order valence-corrected chi connectivity index (χ3v) is 10.3. The average molecular weight is 717 g/mol. The van der Waals surface area contributed by atoms with Crippen molar-refractivity contribution in [2.24, 2.45) is 0 Å². The van der Waals surface area contributed by atoms with E-state index >= 15 is 0 Å². The van der Waals surface area contributed by atoms with Gasteiger partial charge in [-0.05, 0) is 104 Å². The number of aryl methyl sites for hydroxylation is 2. The molecule has 8 nitrogen and oxygen atoms in total. The van der Waals surface area contributed by atoms with E-state index in [2.05, 4.69) is 74.3 Å². The maximum absolute atomic E-state index is 9.82. The number of hydrogen-bond donors (Lipinski definition) is 4. The molecule has 4 aromatic carbocycles. The van der Waals surface area contributed by atoms with Gasteiger partial charge in [-0.15, -0.1) is 0 Å². The van der Waals surface area contributed by atoms with Crippen LogP contribution < -0.4 is 19.5 Å². The second kappa shape index (κ2) is 17.7. The molecule has 1 saturated heterocycles. The molecule has 1 fully saturated rings. The Morgan fingerprint density at radius 2 is 1.53 bits per heavy atom. The van der Waals surface area contributed by atoms with Crippen molar-refractivity contribution in [2.75, 3.05) is 39.5 Å². The lowest BCUT2D eigenvalue weighted by Crippen LogP contribution is -2.48. The van der Waals surface area contributed by atoms with E-state index in [4.69, 9.17) is 25.8 Å². The van der Waals surface area contributed by atoms with E-state index < -0.39 is 5.54 Å². The van der Waals surface area contributed by atoms with Gasteiger partial charge in [-0.3, -0.25) is 0 Å². The van der Waals surface area contributed by atoms with Gasteiger partial charge in [0.1, 0.15) is 30.5 Å². The number of nitrogens with one attached hydrogen (secondary N) is 1. The predicted molar refractivity (Wildman–Crippen MR) is 204 cm³/mol. The Morgan fingerprint density at radius 1 is 0.804 bits per heavy atom. The van der Waals surface area contributed by atoms with Crippen LogP contribution in [0.4, 0.5) is 0 Å². The van der Waals surface area contributed by atoms with Crippen molar-refractivity contribution in [3.05, 3.63) is 111 Å². The maximum atomic E-state index is 9.82. The van der Waals surface area contributed by atoms with Crippen LogP contribution in [0.3, 0.4) is 0 Å². The molecule has 0 radical (unpaired) electrons. The summed E-state index contributed by atoms with van der Waals surface area (Å²) < 4.78 is 19.0. The summed E-state index contributed by atoms with van der Waals surface area (Å²) in [4.78, 5) is 2.29. The van der Waals surface area contributed by atoms with Crippen molar-refractivity contribution >= 4 is 11.6 Å². The van der Waals surface area contributed by atoms with E-state index in [1.54, 1.807) is 6.92 Å². The molecule has 51 heavy (non-hydrogen) atoms. The van der Waals surface area contributed by atoms with Crippen molar-refractivity contribution in [3.8, 4) is 28.4 Å². The number of aliphatic hydroxyl groups is 3. The van der Waals surface area contributed by atoms with Crippen LogP contribution in [0.1, 0.15) is 58.7 Å². The number of rotatable bonds is 17. The summed E-state index contributed by atoms with van der Waals surface area (Å²) in [7, 11) is 0. The fourth-order valence-electron chi connectivity index (χ4n) is 6.32. The Labute approximate surface area is 308 Å². The van der Waals surface area contributed by atoms with Crippen LogP contribution in [-0.2, 0) is 19.8 Å². The first-order valence-corrected chi connectivity index (χ1v) is 18.2. The monoisotopic (exact) mass is 716 g/mol. The Hall–Kier alpha value is -3.63. The lowest BCUT2D eigenvalue weighted by molar-refractivity contribution is 0.103. The van der Waals surface area contributed by atoms with Crippen molar-refractivity contribution in [3.63, 3.8) is 0 Å². The minimum atomic E-state index is -0.863. The van der Waals surface area contributed by atoms with Gasteiger partial charge in [0, 0.05) is 37.8 Å². The normalized spacial score (nSPS) is 15.0. The van der Waals surface area contributed by atoms with Crippen molar-refractivity contribution in [1.82, 2.24) is 10.2 Å². The summed E-state index contributed by atoms with van der Waals surface area (Å²) >= 11 is 6.81. The second-order valence-corrected chi connectivity index (χ2v) is 14.5. The van der Waals surface area contributed by atoms with Crippen LogP contribution in [0.25, 0.3) is 11.1 Å². The number of hydrogen-bond acceptors (Lipinski definition) is 8. The van der Waals surface area contributed by atoms with Crippen LogP contribution >= 0.6 is 11.6 Å².